The molecule has 0 bridgehead atoms. The molecule has 6 nitrogen and oxygen atoms in total. The number of nitrogens with two attached hydrogens (primary N) is 2. The van der Waals surface area contributed by atoms with E-state index in [0.29, 0.717) is 18.2 Å². The van der Waals surface area contributed by atoms with E-state index in [0.717, 1.165) is 18.4 Å². The third kappa shape index (κ3) is 5.20. The van der Waals surface area contributed by atoms with Crippen molar-refractivity contribution < 1.29 is 14.3 Å². The molecule has 1 aromatic rings. The quantitative estimate of drug-likeness (QED) is 0.722. The Morgan fingerprint density at radius 1 is 1.35 bits per heavy atom. The average molecular weight is 340 g/mol. The van der Waals surface area contributed by atoms with Gasteiger partial charge in [-0.05, 0) is 36.5 Å². The number of halogens is 1. The smallest absolute Gasteiger partial charge is 0.237 e. The van der Waals surface area contributed by atoms with Gasteiger partial charge in [0, 0.05) is 18.2 Å². The molecule has 2 rings (SSSR count). The zero-order valence-corrected chi connectivity index (χ0v) is 13.6. The van der Waals surface area contributed by atoms with Crippen LogP contribution in [0.4, 0.5) is 0 Å². The van der Waals surface area contributed by atoms with E-state index in [1.54, 1.807) is 24.3 Å². The van der Waals surface area contributed by atoms with Crippen molar-refractivity contribution in [2.45, 2.75) is 31.3 Å². The van der Waals surface area contributed by atoms with Gasteiger partial charge in [0.05, 0.1) is 18.5 Å². The van der Waals surface area contributed by atoms with E-state index in [2.05, 4.69) is 5.32 Å². The largest absolute Gasteiger partial charge is 0.381 e. The molecular weight excluding hydrogens is 318 g/mol. The van der Waals surface area contributed by atoms with Crippen molar-refractivity contribution in [3.05, 3.63) is 34.9 Å². The van der Waals surface area contributed by atoms with Crippen molar-refractivity contribution >= 4 is 23.4 Å². The van der Waals surface area contributed by atoms with Gasteiger partial charge in [-0.3, -0.25) is 9.59 Å². The first-order valence-electron chi connectivity index (χ1n) is 7.65. The molecule has 1 heterocycles. The normalized spacial score (nSPS) is 18.2. The monoisotopic (exact) mass is 339 g/mol. The van der Waals surface area contributed by atoms with E-state index in [4.69, 9.17) is 27.8 Å². The fourth-order valence-electron chi connectivity index (χ4n) is 2.73. The van der Waals surface area contributed by atoms with Gasteiger partial charge in [0.1, 0.15) is 0 Å². The molecule has 0 aromatic heterocycles. The number of benzene rings is 1. The minimum Gasteiger partial charge on any atom is -0.381 e. The van der Waals surface area contributed by atoms with Gasteiger partial charge in [-0.2, -0.15) is 0 Å². The molecule has 0 spiro atoms. The van der Waals surface area contributed by atoms with Crippen molar-refractivity contribution in [3.8, 4) is 0 Å². The number of nitrogens with one attached hydrogen (secondary N) is 1. The van der Waals surface area contributed by atoms with E-state index < -0.39 is 18.0 Å². The molecule has 0 radical (unpaired) electrons. The summed E-state index contributed by atoms with van der Waals surface area (Å²) in [6.45, 7) is 1.23. The van der Waals surface area contributed by atoms with Crippen LogP contribution in [0.15, 0.2) is 24.3 Å². The van der Waals surface area contributed by atoms with Crippen molar-refractivity contribution in [1.29, 1.82) is 0 Å². The van der Waals surface area contributed by atoms with Crippen molar-refractivity contribution in [2.24, 2.45) is 17.4 Å². The zero-order chi connectivity index (χ0) is 16.8. The van der Waals surface area contributed by atoms with Gasteiger partial charge in [0.25, 0.3) is 0 Å². The molecule has 0 aliphatic carbocycles. The van der Waals surface area contributed by atoms with Gasteiger partial charge in [0.15, 0.2) is 0 Å². The minimum absolute atomic E-state index is 0.00736. The number of carbonyl (C=O) groups excluding carboxylic acids is 2. The zero-order valence-electron chi connectivity index (χ0n) is 12.8. The van der Waals surface area contributed by atoms with E-state index in [-0.39, 0.29) is 18.2 Å². The Morgan fingerprint density at radius 3 is 2.65 bits per heavy atom. The highest BCUT2D eigenvalue weighted by Gasteiger charge is 2.28. The number of primary amides is 1. The molecule has 2 amide bonds. The molecule has 126 valence electrons. The molecule has 5 N–H and O–H groups in total. The fourth-order valence-corrected chi connectivity index (χ4v) is 2.93. The third-order valence-electron chi connectivity index (χ3n) is 4.05. The highest BCUT2D eigenvalue weighted by atomic mass is 35.5. The van der Waals surface area contributed by atoms with Gasteiger partial charge in [-0.1, -0.05) is 23.7 Å². The van der Waals surface area contributed by atoms with Crippen LogP contribution >= 0.6 is 11.6 Å². The van der Waals surface area contributed by atoms with Crippen LogP contribution in [0.3, 0.4) is 0 Å². The lowest BCUT2D eigenvalue weighted by atomic mass is 9.91. The van der Waals surface area contributed by atoms with Gasteiger partial charge in [-0.15, -0.1) is 0 Å². The van der Waals surface area contributed by atoms with Gasteiger partial charge in [-0.25, -0.2) is 0 Å². The lowest BCUT2D eigenvalue weighted by Gasteiger charge is -2.28. The molecule has 1 aliphatic rings. The van der Waals surface area contributed by atoms with Crippen LogP contribution in [-0.2, 0) is 14.3 Å². The van der Waals surface area contributed by atoms with Gasteiger partial charge < -0.3 is 21.5 Å². The summed E-state index contributed by atoms with van der Waals surface area (Å²) in [6.07, 6.45) is 1.51. The number of hydrogen-bond donors (Lipinski definition) is 3. The first-order chi connectivity index (χ1) is 11.0. The summed E-state index contributed by atoms with van der Waals surface area (Å²) >= 11 is 5.98. The summed E-state index contributed by atoms with van der Waals surface area (Å²) in [5.74, 6) is -0.713. The van der Waals surface area contributed by atoms with Crippen LogP contribution in [0.5, 0.6) is 0 Å². The van der Waals surface area contributed by atoms with Gasteiger partial charge in [0.2, 0.25) is 11.8 Å². The first-order valence-corrected chi connectivity index (χ1v) is 8.02. The number of hydrogen-bond acceptors (Lipinski definition) is 4. The number of ether oxygens (including phenoxy) is 1. The minimum atomic E-state index is -0.631. The number of amides is 2. The van der Waals surface area contributed by atoms with Crippen molar-refractivity contribution in [2.75, 3.05) is 13.2 Å². The molecular formula is C16H22ClN3O3. The lowest BCUT2D eigenvalue weighted by Crippen LogP contribution is -2.48. The predicted molar refractivity (Wildman–Crippen MR) is 87.7 cm³/mol. The number of carbonyl (C=O) groups is 2. The standard InChI is InChI=1S/C16H22ClN3O3/c17-12-3-1-2-11(8-12)13(9-14(18)21)20-16(22)15(19)10-4-6-23-7-5-10/h1-3,8,10,13,15H,4-7,9,19H2,(H2,18,21)(H,20,22)/t13-,15?/m1/s1. The molecule has 0 saturated carbocycles. The van der Waals surface area contributed by atoms with Crippen LogP contribution in [0, 0.1) is 5.92 Å². The maximum absolute atomic E-state index is 12.4. The summed E-state index contributed by atoms with van der Waals surface area (Å²) in [5, 5.41) is 3.35. The number of rotatable bonds is 6. The third-order valence-corrected chi connectivity index (χ3v) is 4.28. The highest BCUT2D eigenvalue weighted by Crippen LogP contribution is 2.22. The molecule has 23 heavy (non-hydrogen) atoms. The first kappa shape index (κ1) is 17.7. The summed E-state index contributed by atoms with van der Waals surface area (Å²) in [6, 6.07) is 5.81. The predicted octanol–water partition coefficient (Wildman–Crippen LogP) is 1.13. The second-order valence-electron chi connectivity index (χ2n) is 5.76. The van der Waals surface area contributed by atoms with E-state index in [1.807, 2.05) is 0 Å². The topological polar surface area (TPSA) is 107 Å². The molecule has 1 aliphatic heterocycles. The maximum atomic E-state index is 12.4. The molecule has 1 fully saturated rings. The highest BCUT2D eigenvalue weighted by molar-refractivity contribution is 6.30. The maximum Gasteiger partial charge on any atom is 0.237 e. The summed E-state index contributed by atoms with van der Waals surface area (Å²) in [5.41, 5.74) is 12.1. The van der Waals surface area contributed by atoms with Crippen molar-refractivity contribution in [3.63, 3.8) is 0 Å². The Morgan fingerprint density at radius 2 is 2.04 bits per heavy atom. The van der Waals surface area contributed by atoms with E-state index in [9.17, 15) is 9.59 Å². The Kier molecular flexibility index (Phi) is 6.38. The van der Waals surface area contributed by atoms with Crippen LogP contribution < -0.4 is 16.8 Å². The Labute approximate surface area is 140 Å². The van der Waals surface area contributed by atoms with Crippen LogP contribution in [-0.4, -0.2) is 31.1 Å². The summed E-state index contributed by atoms with van der Waals surface area (Å²) < 4.78 is 5.28. The average Bonchev–Trinajstić information content (AvgIpc) is 2.54. The lowest BCUT2D eigenvalue weighted by molar-refractivity contribution is -0.125. The van der Waals surface area contributed by atoms with Crippen LogP contribution in [0.25, 0.3) is 0 Å². The Bertz CT molecular complexity index is 561. The van der Waals surface area contributed by atoms with Crippen LogP contribution in [0.1, 0.15) is 30.9 Å². The SMILES string of the molecule is NC(=O)C[C@@H](NC(=O)C(N)C1CCOCC1)c1cccc(Cl)c1. The van der Waals surface area contributed by atoms with Crippen molar-refractivity contribution in [1.82, 2.24) is 5.32 Å². The molecule has 2 atom stereocenters. The molecule has 1 aromatic carbocycles. The van der Waals surface area contributed by atoms with Gasteiger partial charge >= 0.3 is 0 Å². The molecule has 1 saturated heterocycles. The second kappa shape index (κ2) is 8.29. The van der Waals surface area contributed by atoms with E-state index >= 15 is 0 Å². The Balaban J connectivity index is 2.07. The Hall–Kier alpha value is -1.63. The second-order valence-corrected chi connectivity index (χ2v) is 6.20. The fraction of sp³-hybridized carbons (Fsp3) is 0.500. The molecule has 7 heteroatoms. The van der Waals surface area contributed by atoms with Crippen LogP contribution in [0.2, 0.25) is 5.02 Å². The van der Waals surface area contributed by atoms with E-state index in [1.165, 1.54) is 0 Å². The summed E-state index contributed by atoms with van der Waals surface area (Å²) in [4.78, 5) is 23.7. The summed E-state index contributed by atoms with van der Waals surface area (Å²) in [7, 11) is 0. The molecule has 1 unspecified atom stereocenters.